The summed E-state index contributed by atoms with van der Waals surface area (Å²) >= 11 is 0. The molecule has 0 radical (unpaired) electrons. The van der Waals surface area contributed by atoms with Gasteiger partial charge in [0, 0.05) is 30.8 Å². The first-order valence-corrected chi connectivity index (χ1v) is 7.27. The van der Waals surface area contributed by atoms with E-state index in [1.165, 1.54) is 6.42 Å². The maximum absolute atomic E-state index is 12.4. The summed E-state index contributed by atoms with van der Waals surface area (Å²) in [4.78, 5) is 16.5. The minimum absolute atomic E-state index is 0.0389. The van der Waals surface area contributed by atoms with E-state index < -0.39 is 0 Å². The first-order chi connectivity index (χ1) is 10.1. The van der Waals surface area contributed by atoms with Crippen molar-refractivity contribution in [3.8, 4) is 11.8 Å². The normalized spacial score (nSPS) is 18.1. The zero-order chi connectivity index (χ0) is 15.2. The molecule has 1 N–H and O–H groups in total. The molecule has 112 valence electrons. The van der Waals surface area contributed by atoms with E-state index in [9.17, 15) is 4.79 Å². The zero-order valence-corrected chi connectivity index (χ0v) is 12.7. The number of hydrogen-bond acceptors (Lipinski definition) is 3. The molecule has 0 bridgehead atoms. The summed E-state index contributed by atoms with van der Waals surface area (Å²) in [5, 5.41) is 8.66. The maximum Gasteiger partial charge on any atom is 0.253 e. The number of hydrogen-bond donors (Lipinski definition) is 1. The van der Waals surface area contributed by atoms with Gasteiger partial charge in [0.05, 0.1) is 0 Å². The van der Waals surface area contributed by atoms with Crippen LogP contribution in [0.3, 0.4) is 0 Å². The van der Waals surface area contributed by atoms with Crippen LogP contribution in [0, 0.1) is 11.8 Å². The van der Waals surface area contributed by atoms with Gasteiger partial charge in [-0.3, -0.25) is 4.79 Å². The van der Waals surface area contributed by atoms with Crippen LogP contribution in [-0.4, -0.2) is 60.6 Å². The summed E-state index contributed by atoms with van der Waals surface area (Å²) in [6.07, 6.45) is 2.37. The fraction of sp³-hybridized carbons (Fsp3) is 0.471. The number of amides is 1. The van der Waals surface area contributed by atoms with Crippen molar-refractivity contribution in [2.75, 3.05) is 33.8 Å². The van der Waals surface area contributed by atoms with Crippen LogP contribution in [0.4, 0.5) is 0 Å². The molecule has 0 spiro atoms. The Morgan fingerprint density at radius 2 is 2.14 bits per heavy atom. The van der Waals surface area contributed by atoms with Gasteiger partial charge in [-0.05, 0) is 50.7 Å². The molecule has 0 aliphatic carbocycles. The Morgan fingerprint density at radius 1 is 1.43 bits per heavy atom. The van der Waals surface area contributed by atoms with E-state index in [1.54, 1.807) is 17.0 Å². The Hall–Kier alpha value is -1.83. The molecule has 1 aliphatic heterocycles. The lowest BCUT2D eigenvalue weighted by molar-refractivity contribution is 0.0761. The van der Waals surface area contributed by atoms with Crippen LogP contribution < -0.4 is 0 Å². The third-order valence-electron chi connectivity index (χ3n) is 3.95. The van der Waals surface area contributed by atoms with Crippen molar-refractivity contribution >= 4 is 5.91 Å². The third kappa shape index (κ3) is 4.07. The van der Waals surface area contributed by atoms with Gasteiger partial charge in [0.25, 0.3) is 5.91 Å². The van der Waals surface area contributed by atoms with Gasteiger partial charge < -0.3 is 14.9 Å². The highest BCUT2D eigenvalue weighted by Crippen LogP contribution is 2.16. The highest BCUT2D eigenvalue weighted by Gasteiger charge is 2.24. The van der Waals surface area contributed by atoms with E-state index >= 15 is 0 Å². The Morgan fingerprint density at radius 3 is 2.71 bits per heavy atom. The van der Waals surface area contributed by atoms with Gasteiger partial charge in [0.15, 0.2) is 0 Å². The maximum atomic E-state index is 12.4. The lowest BCUT2D eigenvalue weighted by Crippen LogP contribution is -2.39. The summed E-state index contributed by atoms with van der Waals surface area (Å²) in [5.74, 6) is 5.46. The van der Waals surface area contributed by atoms with Gasteiger partial charge >= 0.3 is 0 Å². The number of aliphatic hydroxyl groups excluding tert-OH is 1. The summed E-state index contributed by atoms with van der Waals surface area (Å²) < 4.78 is 0. The minimum Gasteiger partial charge on any atom is -0.384 e. The predicted molar refractivity (Wildman–Crippen MR) is 83.0 cm³/mol. The molecule has 0 saturated carbocycles. The highest BCUT2D eigenvalue weighted by molar-refractivity contribution is 5.94. The number of benzene rings is 1. The predicted octanol–water partition coefficient (Wildman–Crippen LogP) is 1.20. The average molecular weight is 286 g/mol. The van der Waals surface area contributed by atoms with Gasteiger partial charge in [-0.1, -0.05) is 11.8 Å². The van der Waals surface area contributed by atoms with E-state index in [4.69, 9.17) is 5.11 Å². The molecule has 1 aliphatic rings. The van der Waals surface area contributed by atoms with Crippen LogP contribution in [0.5, 0.6) is 0 Å². The van der Waals surface area contributed by atoms with Gasteiger partial charge in [0.2, 0.25) is 0 Å². The molecule has 1 atom stereocenters. The number of nitrogens with zero attached hydrogens (tertiary/aromatic N) is 2. The van der Waals surface area contributed by atoms with E-state index in [0.717, 1.165) is 25.1 Å². The number of aliphatic hydroxyl groups is 1. The van der Waals surface area contributed by atoms with E-state index in [-0.39, 0.29) is 12.5 Å². The Kier molecular flexibility index (Phi) is 5.38. The van der Waals surface area contributed by atoms with Crippen molar-refractivity contribution in [1.29, 1.82) is 0 Å². The molecule has 1 saturated heterocycles. The fourth-order valence-corrected chi connectivity index (χ4v) is 2.67. The van der Waals surface area contributed by atoms with E-state index in [2.05, 4.69) is 23.8 Å². The number of rotatable bonds is 3. The number of likely N-dealkylation sites (tertiary alicyclic amines) is 1. The van der Waals surface area contributed by atoms with Gasteiger partial charge in [0.1, 0.15) is 6.61 Å². The van der Waals surface area contributed by atoms with Gasteiger partial charge in [-0.15, -0.1) is 0 Å². The molecule has 1 amide bonds. The SMILES string of the molecule is CN(CC1CCCN1C)C(=O)c1ccc(C#CCO)cc1. The monoisotopic (exact) mass is 286 g/mol. The molecular formula is C17H22N2O2. The molecule has 1 aromatic rings. The zero-order valence-electron chi connectivity index (χ0n) is 12.7. The van der Waals surface area contributed by atoms with Gasteiger partial charge in [-0.2, -0.15) is 0 Å². The van der Waals surface area contributed by atoms with Crippen molar-refractivity contribution in [3.63, 3.8) is 0 Å². The molecule has 1 heterocycles. The average Bonchev–Trinajstić information content (AvgIpc) is 2.90. The smallest absolute Gasteiger partial charge is 0.253 e. The van der Waals surface area contributed by atoms with Crippen molar-refractivity contribution < 1.29 is 9.90 Å². The molecule has 4 heteroatoms. The van der Waals surface area contributed by atoms with E-state index in [0.29, 0.717) is 11.6 Å². The largest absolute Gasteiger partial charge is 0.384 e. The molecule has 1 aromatic carbocycles. The summed E-state index contributed by atoms with van der Waals surface area (Å²) in [6.45, 7) is 1.73. The van der Waals surface area contributed by atoms with Crippen molar-refractivity contribution in [2.24, 2.45) is 0 Å². The number of carbonyl (C=O) groups is 1. The molecule has 1 unspecified atom stereocenters. The van der Waals surface area contributed by atoms with Crippen molar-refractivity contribution in [2.45, 2.75) is 18.9 Å². The van der Waals surface area contributed by atoms with Crippen LogP contribution in [-0.2, 0) is 0 Å². The second kappa shape index (κ2) is 7.26. The molecule has 1 fully saturated rings. The molecule has 0 aromatic heterocycles. The standard InChI is InChI=1S/C17H22N2O2/c1-18-11-3-6-16(18)13-19(2)17(21)15-9-7-14(8-10-15)5-4-12-20/h7-10,16,20H,3,6,11-13H2,1-2H3. The Bertz CT molecular complexity index is 542. The van der Waals surface area contributed by atoms with Crippen LogP contribution >= 0.6 is 0 Å². The summed E-state index contributed by atoms with van der Waals surface area (Å²) in [5.41, 5.74) is 1.48. The first kappa shape index (κ1) is 15.6. The summed E-state index contributed by atoms with van der Waals surface area (Å²) in [6, 6.07) is 7.67. The van der Waals surface area contributed by atoms with Gasteiger partial charge in [-0.25, -0.2) is 0 Å². The van der Waals surface area contributed by atoms with Crippen LogP contribution in [0.1, 0.15) is 28.8 Å². The van der Waals surface area contributed by atoms with Crippen LogP contribution in [0.25, 0.3) is 0 Å². The molecule has 2 rings (SSSR count). The van der Waals surface area contributed by atoms with Crippen molar-refractivity contribution in [1.82, 2.24) is 9.80 Å². The minimum atomic E-state index is -0.154. The Balaban J connectivity index is 1.98. The fourth-order valence-electron chi connectivity index (χ4n) is 2.67. The second-order valence-corrected chi connectivity index (χ2v) is 5.50. The lowest BCUT2D eigenvalue weighted by Gasteiger charge is -2.26. The number of carbonyl (C=O) groups excluding carboxylic acids is 1. The molecular weight excluding hydrogens is 264 g/mol. The summed E-state index contributed by atoms with van der Waals surface area (Å²) in [7, 11) is 3.97. The Labute approximate surface area is 126 Å². The topological polar surface area (TPSA) is 43.8 Å². The quantitative estimate of drug-likeness (QED) is 0.849. The highest BCUT2D eigenvalue weighted by atomic mass is 16.2. The number of likely N-dealkylation sites (N-methyl/N-ethyl adjacent to an activating group) is 2. The van der Waals surface area contributed by atoms with Crippen LogP contribution in [0.2, 0.25) is 0 Å². The molecule has 4 nitrogen and oxygen atoms in total. The van der Waals surface area contributed by atoms with E-state index in [1.807, 2.05) is 19.2 Å². The third-order valence-corrected chi connectivity index (χ3v) is 3.95. The van der Waals surface area contributed by atoms with Crippen LogP contribution in [0.15, 0.2) is 24.3 Å². The second-order valence-electron chi connectivity index (χ2n) is 5.50. The first-order valence-electron chi connectivity index (χ1n) is 7.27. The lowest BCUT2D eigenvalue weighted by atomic mass is 10.1. The van der Waals surface area contributed by atoms with Crippen molar-refractivity contribution in [3.05, 3.63) is 35.4 Å². The molecule has 21 heavy (non-hydrogen) atoms.